The van der Waals surface area contributed by atoms with Gasteiger partial charge in [-0.3, -0.25) is 19.7 Å². The summed E-state index contributed by atoms with van der Waals surface area (Å²) in [5.41, 5.74) is -4.42. The van der Waals surface area contributed by atoms with E-state index in [4.69, 9.17) is 0 Å². The Morgan fingerprint density at radius 3 is 2.02 bits per heavy atom. The summed E-state index contributed by atoms with van der Waals surface area (Å²) in [5.74, 6) is -12.3. The quantitative estimate of drug-likeness (QED) is 0.0684. The van der Waals surface area contributed by atoms with Crippen molar-refractivity contribution >= 4 is 40.6 Å². The molecule has 43 heavy (non-hydrogen) atoms. The van der Waals surface area contributed by atoms with E-state index in [1.165, 1.54) is 66.7 Å². The zero-order chi connectivity index (χ0) is 31.5. The number of benzene rings is 4. The predicted octanol–water partition coefficient (Wildman–Crippen LogP) is 7.89. The van der Waals surface area contributed by atoms with Crippen LogP contribution in [0.15, 0.2) is 83.8 Å². The Hall–Kier alpha value is -4.92. The maximum absolute atomic E-state index is 14.5. The lowest BCUT2D eigenvalue weighted by molar-refractivity contribution is -0.384. The zero-order valence-corrected chi connectivity index (χ0v) is 22.0. The van der Waals surface area contributed by atoms with E-state index >= 15 is 0 Å². The van der Waals surface area contributed by atoms with Gasteiger partial charge in [-0.2, -0.15) is 13.2 Å². The van der Waals surface area contributed by atoms with Crippen LogP contribution in [0.4, 0.5) is 47.8 Å². The monoisotopic (exact) mass is 623 g/mol. The van der Waals surface area contributed by atoms with Crippen molar-refractivity contribution in [2.24, 2.45) is 0 Å². The predicted molar refractivity (Wildman–Crippen MR) is 142 cm³/mol. The number of nitro groups is 1. The molecule has 4 rings (SSSR count). The molecular weight excluding hydrogens is 607 g/mol. The van der Waals surface area contributed by atoms with Crippen LogP contribution in [0.2, 0.25) is 0 Å². The normalized spacial score (nSPS) is 12.0. The first-order chi connectivity index (χ1) is 20.3. The third-order valence-electron chi connectivity index (χ3n) is 5.80. The van der Waals surface area contributed by atoms with E-state index in [0.717, 1.165) is 17.8 Å². The second kappa shape index (κ2) is 12.5. The van der Waals surface area contributed by atoms with Gasteiger partial charge >= 0.3 is 6.18 Å². The van der Waals surface area contributed by atoms with E-state index < -0.39 is 62.7 Å². The highest BCUT2D eigenvalue weighted by Crippen LogP contribution is 2.41. The molecular formula is C28H16F7N3O4S. The number of carbonyl (C=O) groups is 2. The third kappa shape index (κ3) is 6.94. The first-order valence-corrected chi connectivity index (χ1v) is 12.8. The molecule has 15 heteroatoms. The van der Waals surface area contributed by atoms with Gasteiger partial charge in [0, 0.05) is 28.3 Å². The summed E-state index contributed by atoms with van der Waals surface area (Å²) in [5, 5.41) is 13.8. The summed E-state index contributed by atoms with van der Waals surface area (Å²) in [6.45, 7) is 0. The van der Waals surface area contributed by atoms with Gasteiger partial charge < -0.3 is 10.6 Å². The van der Waals surface area contributed by atoms with E-state index in [1.807, 2.05) is 0 Å². The molecule has 0 aromatic heterocycles. The molecule has 0 spiro atoms. The van der Waals surface area contributed by atoms with Gasteiger partial charge in [-0.15, -0.1) is 11.8 Å². The largest absolute Gasteiger partial charge is 0.422 e. The minimum atomic E-state index is -5.75. The molecule has 2 N–H and O–H groups in total. The molecule has 0 aliphatic rings. The zero-order valence-electron chi connectivity index (χ0n) is 21.2. The van der Waals surface area contributed by atoms with Crippen LogP contribution in [0.5, 0.6) is 0 Å². The first-order valence-electron chi connectivity index (χ1n) is 11.9. The molecule has 4 aromatic carbocycles. The van der Waals surface area contributed by atoms with Gasteiger partial charge in [0.1, 0.15) is 16.5 Å². The van der Waals surface area contributed by atoms with Crippen molar-refractivity contribution in [1.82, 2.24) is 0 Å². The molecule has 0 aliphatic carbocycles. The number of halogens is 7. The Bertz CT molecular complexity index is 1690. The summed E-state index contributed by atoms with van der Waals surface area (Å²) >= 11 is 0.775. The fourth-order valence-corrected chi connectivity index (χ4v) is 4.91. The average Bonchev–Trinajstić information content (AvgIpc) is 2.97. The van der Waals surface area contributed by atoms with Gasteiger partial charge in [0.2, 0.25) is 5.91 Å². The molecule has 0 radical (unpaired) electrons. The van der Waals surface area contributed by atoms with Gasteiger partial charge in [0.05, 0.1) is 4.92 Å². The van der Waals surface area contributed by atoms with Crippen LogP contribution in [-0.4, -0.2) is 16.7 Å². The van der Waals surface area contributed by atoms with Crippen LogP contribution in [0.25, 0.3) is 0 Å². The average molecular weight is 624 g/mol. The molecule has 1 atom stereocenters. The second-order valence-electron chi connectivity index (χ2n) is 8.69. The maximum atomic E-state index is 14.5. The number of rotatable bonds is 8. The minimum absolute atomic E-state index is 0.0196. The van der Waals surface area contributed by atoms with Crippen molar-refractivity contribution < 1.29 is 45.2 Å². The lowest BCUT2D eigenvalue weighted by atomic mass is 10.1. The number of amides is 2. The van der Waals surface area contributed by atoms with Crippen LogP contribution < -0.4 is 10.6 Å². The highest BCUT2D eigenvalue weighted by atomic mass is 32.2. The standard InChI is InChI=1S/C28H16F7N3O4S/c29-20-19(28(33,34)35)21(30)23(32)24(22(20)31)37-27(40)25(14-6-2-1-3-7-14)43-18-11-5-9-16(13-18)36-26(39)15-8-4-10-17(12-15)38(41)42/h1-13,25H,(H,36,39)(H,37,40). The van der Waals surface area contributed by atoms with E-state index in [9.17, 15) is 50.4 Å². The lowest BCUT2D eigenvalue weighted by Gasteiger charge is -2.19. The van der Waals surface area contributed by atoms with Crippen molar-refractivity contribution in [2.75, 3.05) is 10.6 Å². The SMILES string of the molecule is O=C(Nc1cccc(SC(C(=O)Nc2c(F)c(F)c(C(F)(F)F)c(F)c2F)c2ccccc2)c1)c1cccc([N+](=O)[O-])c1. The van der Waals surface area contributed by atoms with Crippen LogP contribution in [-0.2, 0) is 11.0 Å². The van der Waals surface area contributed by atoms with Gasteiger partial charge in [-0.05, 0) is 29.8 Å². The van der Waals surface area contributed by atoms with E-state index in [1.54, 1.807) is 11.4 Å². The molecule has 1 unspecified atom stereocenters. The molecule has 7 nitrogen and oxygen atoms in total. The van der Waals surface area contributed by atoms with Crippen LogP contribution >= 0.6 is 11.8 Å². The van der Waals surface area contributed by atoms with E-state index in [-0.39, 0.29) is 22.5 Å². The second-order valence-corrected chi connectivity index (χ2v) is 9.87. The number of anilines is 2. The van der Waals surface area contributed by atoms with Crippen molar-refractivity contribution in [3.05, 3.63) is 129 Å². The van der Waals surface area contributed by atoms with Gasteiger partial charge in [-0.25, -0.2) is 17.6 Å². The molecule has 222 valence electrons. The van der Waals surface area contributed by atoms with Crippen LogP contribution in [0.1, 0.15) is 26.7 Å². The van der Waals surface area contributed by atoms with E-state index in [2.05, 4.69) is 5.32 Å². The van der Waals surface area contributed by atoms with Gasteiger partial charge in [-0.1, -0.05) is 42.5 Å². The molecule has 0 fully saturated rings. The highest BCUT2D eigenvalue weighted by Gasteiger charge is 2.42. The summed E-state index contributed by atoms with van der Waals surface area (Å²) in [4.78, 5) is 36.5. The number of hydrogen-bond donors (Lipinski definition) is 2. The Balaban J connectivity index is 1.62. The number of hydrogen-bond acceptors (Lipinski definition) is 5. The number of non-ortho nitro benzene ring substituents is 1. The highest BCUT2D eigenvalue weighted by molar-refractivity contribution is 8.00. The van der Waals surface area contributed by atoms with Gasteiger partial charge in [0.15, 0.2) is 23.3 Å². The summed E-state index contributed by atoms with van der Waals surface area (Å²) < 4.78 is 96.1. The van der Waals surface area contributed by atoms with Gasteiger partial charge in [0.25, 0.3) is 11.6 Å². The number of alkyl halides is 3. The Morgan fingerprint density at radius 1 is 0.791 bits per heavy atom. The van der Waals surface area contributed by atoms with E-state index in [0.29, 0.717) is 4.90 Å². The summed E-state index contributed by atoms with van der Waals surface area (Å²) in [7, 11) is 0. The van der Waals surface area contributed by atoms with Crippen molar-refractivity contribution in [2.45, 2.75) is 16.3 Å². The Morgan fingerprint density at radius 2 is 1.42 bits per heavy atom. The summed E-state index contributed by atoms with van der Waals surface area (Å²) in [6, 6.07) is 18.3. The Labute approximate surface area is 241 Å². The minimum Gasteiger partial charge on any atom is -0.322 e. The van der Waals surface area contributed by atoms with Crippen molar-refractivity contribution in [3.8, 4) is 0 Å². The number of nitrogens with one attached hydrogen (secondary N) is 2. The Kier molecular flexibility index (Phi) is 9.04. The third-order valence-corrected chi connectivity index (χ3v) is 7.05. The smallest absolute Gasteiger partial charge is 0.322 e. The van der Waals surface area contributed by atoms with Crippen LogP contribution in [0.3, 0.4) is 0 Å². The molecule has 0 saturated heterocycles. The molecule has 0 saturated carbocycles. The molecule has 0 bridgehead atoms. The van der Waals surface area contributed by atoms with Crippen molar-refractivity contribution in [1.29, 1.82) is 0 Å². The fraction of sp³-hybridized carbons (Fsp3) is 0.0714. The molecule has 0 heterocycles. The number of thioether (sulfide) groups is 1. The maximum Gasteiger partial charge on any atom is 0.422 e. The molecule has 2 amide bonds. The summed E-state index contributed by atoms with van der Waals surface area (Å²) in [6.07, 6.45) is -5.75. The lowest BCUT2D eigenvalue weighted by Crippen LogP contribution is -2.23. The number of nitrogens with zero attached hydrogens (tertiary/aromatic N) is 1. The molecule has 0 aliphatic heterocycles. The first kappa shape index (κ1) is 31.0. The van der Waals surface area contributed by atoms with Crippen LogP contribution in [0, 0.1) is 33.4 Å². The molecule has 4 aromatic rings. The fourth-order valence-electron chi connectivity index (χ4n) is 3.83. The topological polar surface area (TPSA) is 101 Å². The number of nitro benzene ring substituents is 1. The number of carbonyl (C=O) groups excluding carboxylic acids is 2. The van der Waals surface area contributed by atoms with Crippen molar-refractivity contribution in [3.63, 3.8) is 0 Å².